The molecule has 4 nitrogen and oxygen atoms in total. The average molecular weight is 270 g/mol. The number of nitrogens with two attached hydrogens (primary N) is 1. The van der Waals surface area contributed by atoms with Crippen molar-refractivity contribution in [3.63, 3.8) is 0 Å². The van der Waals surface area contributed by atoms with Crippen molar-refractivity contribution < 1.29 is 0 Å². The first-order valence-electron chi connectivity index (χ1n) is 6.05. The fourth-order valence-corrected chi connectivity index (χ4v) is 2.85. The summed E-state index contributed by atoms with van der Waals surface area (Å²) < 4.78 is 0. The molecule has 2 heterocycles. The van der Waals surface area contributed by atoms with Crippen LogP contribution in [0.3, 0.4) is 0 Å². The number of fused-ring (bicyclic) bond motifs is 1. The third kappa shape index (κ3) is 2.62. The third-order valence-corrected chi connectivity index (χ3v) is 3.61. The zero-order chi connectivity index (χ0) is 13.2. The van der Waals surface area contributed by atoms with Gasteiger partial charge in [0.25, 0.3) is 0 Å². The van der Waals surface area contributed by atoms with Crippen molar-refractivity contribution >= 4 is 22.7 Å². The summed E-state index contributed by atoms with van der Waals surface area (Å²) in [6.07, 6.45) is 0. The number of nitrogens with zero attached hydrogens (tertiary/aromatic N) is 2. The van der Waals surface area contributed by atoms with Gasteiger partial charge in [-0.25, -0.2) is 9.97 Å². The Bertz CT molecular complexity index is 687. The molecule has 0 fully saturated rings. The van der Waals surface area contributed by atoms with E-state index in [4.69, 9.17) is 5.73 Å². The molecule has 96 valence electrons. The number of aromatic amines is 1. The van der Waals surface area contributed by atoms with Gasteiger partial charge in [0.1, 0.15) is 0 Å². The van der Waals surface area contributed by atoms with Crippen LogP contribution in [0.15, 0.2) is 46.6 Å². The summed E-state index contributed by atoms with van der Waals surface area (Å²) in [5.41, 5.74) is 8.56. The fraction of sp³-hybridized carbons (Fsp3) is 0.143. The molecular formula is C14H14N4S. The number of hydrogen-bond donors (Lipinski definition) is 2. The van der Waals surface area contributed by atoms with Gasteiger partial charge >= 0.3 is 0 Å². The highest BCUT2D eigenvalue weighted by Gasteiger charge is 2.06. The highest BCUT2D eigenvalue weighted by Crippen LogP contribution is 2.27. The van der Waals surface area contributed by atoms with Gasteiger partial charge in [0.2, 0.25) is 0 Å². The lowest BCUT2D eigenvalue weighted by Gasteiger charge is -2.02. The molecule has 0 spiro atoms. The molecule has 3 N–H and O–H groups in total. The normalized spacial score (nSPS) is 11.1. The van der Waals surface area contributed by atoms with Gasteiger partial charge in [-0.05, 0) is 36.9 Å². The van der Waals surface area contributed by atoms with E-state index in [0.717, 1.165) is 27.1 Å². The van der Waals surface area contributed by atoms with Crippen molar-refractivity contribution in [2.24, 2.45) is 5.73 Å². The van der Waals surface area contributed by atoms with Crippen LogP contribution in [0.25, 0.3) is 10.9 Å². The first-order chi connectivity index (χ1) is 9.24. The summed E-state index contributed by atoms with van der Waals surface area (Å²) in [5, 5.41) is 2.96. The molecule has 0 unspecified atom stereocenters. The molecule has 0 bridgehead atoms. The van der Waals surface area contributed by atoms with Crippen LogP contribution in [0.2, 0.25) is 0 Å². The predicted molar refractivity (Wildman–Crippen MR) is 77.1 cm³/mol. The molecule has 0 aliphatic rings. The third-order valence-electron chi connectivity index (χ3n) is 2.80. The van der Waals surface area contributed by atoms with Crippen molar-refractivity contribution in [1.29, 1.82) is 0 Å². The van der Waals surface area contributed by atoms with E-state index in [1.54, 1.807) is 0 Å². The van der Waals surface area contributed by atoms with Gasteiger partial charge < -0.3 is 10.7 Å². The molecule has 2 aromatic heterocycles. The highest BCUT2D eigenvalue weighted by molar-refractivity contribution is 7.99. The highest BCUT2D eigenvalue weighted by atomic mass is 32.2. The number of rotatable bonds is 3. The smallest absolute Gasteiger partial charge is 0.194 e. The van der Waals surface area contributed by atoms with Crippen LogP contribution in [0.5, 0.6) is 0 Å². The molecule has 0 aliphatic heterocycles. The lowest BCUT2D eigenvalue weighted by atomic mass is 10.3. The topological polar surface area (TPSA) is 67.6 Å². The minimum Gasteiger partial charge on any atom is -0.349 e. The van der Waals surface area contributed by atoms with Gasteiger partial charge in [-0.15, -0.1) is 0 Å². The number of H-pyrrole nitrogens is 1. The second-order valence-electron chi connectivity index (χ2n) is 4.31. The van der Waals surface area contributed by atoms with E-state index in [0.29, 0.717) is 6.54 Å². The predicted octanol–water partition coefficient (Wildman–Crippen LogP) is 2.88. The molecule has 3 rings (SSSR count). The number of nitrogens with one attached hydrogen (secondary N) is 1. The van der Waals surface area contributed by atoms with Crippen molar-refractivity contribution in [2.75, 3.05) is 0 Å². The number of aryl methyl sites for hydroxylation is 1. The number of aromatic nitrogens is 3. The van der Waals surface area contributed by atoms with Crippen LogP contribution < -0.4 is 5.73 Å². The minimum atomic E-state index is 0.434. The number of hydrogen-bond acceptors (Lipinski definition) is 4. The maximum absolute atomic E-state index is 5.63. The van der Waals surface area contributed by atoms with Crippen LogP contribution in [-0.2, 0) is 6.54 Å². The molecule has 0 radical (unpaired) electrons. The Balaban J connectivity index is 1.94. The molecular weight excluding hydrogens is 256 g/mol. The zero-order valence-electron chi connectivity index (χ0n) is 10.6. The van der Waals surface area contributed by atoms with Crippen molar-refractivity contribution in [3.8, 4) is 0 Å². The summed E-state index contributed by atoms with van der Waals surface area (Å²) in [7, 11) is 0. The molecule has 19 heavy (non-hydrogen) atoms. The largest absolute Gasteiger partial charge is 0.349 e. The van der Waals surface area contributed by atoms with Crippen LogP contribution in [0, 0.1) is 6.92 Å². The Morgan fingerprint density at radius 3 is 2.84 bits per heavy atom. The van der Waals surface area contributed by atoms with E-state index in [-0.39, 0.29) is 0 Å². The Morgan fingerprint density at radius 1 is 1.21 bits per heavy atom. The molecule has 0 atom stereocenters. The first kappa shape index (κ1) is 12.2. The standard InChI is InChI=1S/C14H14N4S/c1-9-6-11(8-15)17-14(16-9)19-13-7-10-4-2-3-5-12(10)18-13/h2-7,18H,8,15H2,1H3. The van der Waals surface area contributed by atoms with Gasteiger partial charge in [0.05, 0.1) is 10.7 Å². The van der Waals surface area contributed by atoms with E-state index in [2.05, 4.69) is 33.2 Å². The second kappa shape index (κ2) is 5.03. The van der Waals surface area contributed by atoms with Gasteiger partial charge in [0.15, 0.2) is 5.16 Å². The molecule has 5 heteroatoms. The number of benzene rings is 1. The van der Waals surface area contributed by atoms with Crippen molar-refractivity contribution in [2.45, 2.75) is 23.7 Å². The Labute approximate surface area is 115 Å². The maximum Gasteiger partial charge on any atom is 0.194 e. The average Bonchev–Trinajstić information content (AvgIpc) is 2.80. The fourth-order valence-electron chi connectivity index (χ4n) is 1.95. The molecule has 0 saturated carbocycles. The van der Waals surface area contributed by atoms with Crippen LogP contribution >= 0.6 is 11.8 Å². The van der Waals surface area contributed by atoms with E-state index in [1.807, 2.05) is 25.1 Å². The van der Waals surface area contributed by atoms with E-state index in [1.165, 1.54) is 17.1 Å². The SMILES string of the molecule is Cc1cc(CN)nc(Sc2cc3ccccc3[nH]2)n1. The van der Waals surface area contributed by atoms with Crippen molar-refractivity contribution in [1.82, 2.24) is 15.0 Å². The van der Waals surface area contributed by atoms with E-state index < -0.39 is 0 Å². The Hall–Kier alpha value is -1.85. The quantitative estimate of drug-likeness (QED) is 0.718. The van der Waals surface area contributed by atoms with Gasteiger partial charge in [-0.2, -0.15) is 0 Å². The molecule has 1 aromatic carbocycles. The second-order valence-corrected chi connectivity index (χ2v) is 5.32. The lowest BCUT2D eigenvalue weighted by Crippen LogP contribution is -2.02. The molecule has 0 amide bonds. The lowest BCUT2D eigenvalue weighted by molar-refractivity contribution is 0.853. The molecule has 3 aromatic rings. The molecule has 0 aliphatic carbocycles. The van der Waals surface area contributed by atoms with Crippen molar-refractivity contribution in [3.05, 3.63) is 47.8 Å². The zero-order valence-corrected chi connectivity index (χ0v) is 11.4. The van der Waals surface area contributed by atoms with Gasteiger partial charge in [0, 0.05) is 23.1 Å². The Kier molecular flexibility index (Phi) is 3.23. The summed E-state index contributed by atoms with van der Waals surface area (Å²) in [4.78, 5) is 12.2. The maximum atomic E-state index is 5.63. The Morgan fingerprint density at radius 2 is 2.05 bits per heavy atom. The number of para-hydroxylation sites is 1. The monoisotopic (exact) mass is 270 g/mol. The first-order valence-corrected chi connectivity index (χ1v) is 6.86. The summed E-state index contributed by atoms with van der Waals surface area (Å²) >= 11 is 1.52. The summed E-state index contributed by atoms with van der Waals surface area (Å²) in [5.74, 6) is 0. The summed E-state index contributed by atoms with van der Waals surface area (Å²) in [6, 6.07) is 12.2. The van der Waals surface area contributed by atoms with Crippen LogP contribution in [0.1, 0.15) is 11.4 Å². The van der Waals surface area contributed by atoms with E-state index >= 15 is 0 Å². The van der Waals surface area contributed by atoms with Crippen LogP contribution in [-0.4, -0.2) is 15.0 Å². The minimum absolute atomic E-state index is 0.434. The van der Waals surface area contributed by atoms with E-state index in [9.17, 15) is 0 Å². The van der Waals surface area contributed by atoms with Gasteiger partial charge in [-0.1, -0.05) is 18.2 Å². The summed E-state index contributed by atoms with van der Waals surface area (Å²) in [6.45, 7) is 2.39. The van der Waals surface area contributed by atoms with Gasteiger partial charge in [-0.3, -0.25) is 0 Å². The van der Waals surface area contributed by atoms with Crippen LogP contribution in [0.4, 0.5) is 0 Å². The molecule has 0 saturated heterocycles.